The van der Waals surface area contributed by atoms with Gasteiger partial charge in [0.1, 0.15) is 11.3 Å². The Bertz CT molecular complexity index is 865. The average Bonchev–Trinajstić information content (AvgIpc) is 3.01. The number of carbonyl (C=O) groups excluding carboxylic acids is 1. The molecule has 2 heterocycles. The summed E-state index contributed by atoms with van der Waals surface area (Å²) >= 11 is 6.01. The number of benzene rings is 1. The lowest BCUT2D eigenvalue weighted by Gasteiger charge is -2.12. The van der Waals surface area contributed by atoms with Gasteiger partial charge in [0.25, 0.3) is 5.91 Å². The topological polar surface area (TPSA) is 88.8 Å². The van der Waals surface area contributed by atoms with Crippen LogP contribution in [0.3, 0.4) is 0 Å². The van der Waals surface area contributed by atoms with Crippen LogP contribution in [0.1, 0.15) is 16.8 Å². The molecular formula is C16H15ClN4O3. The molecule has 1 aromatic carbocycles. The number of hydrogen-bond acceptors (Lipinski definition) is 5. The van der Waals surface area contributed by atoms with Gasteiger partial charge < -0.3 is 15.2 Å². The minimum Gasteiger partial charge on any atom is -0.491 e. The van der Waals surface area contributed by atoms with Gasteiger partial charge in [-0.3, -0.25) is 4.79 Å². The molecule has 3 aromatic rings. The Balaban J connectivity index is 1.84. The largest absolute Gasteiger partial charge is 0.491 e. The van der Waals surface area contributed by atoms with Crippen LogP contribution in [0.5, 0.6) is 5.75 Å². The van der Waals surface area contributed by atoms with Gasteiger partial charge >= 0.3 is 0 Å². The van der Waals surface area contributed by atoms with Gasteiger partial charge in [0.2, 0.25) is 0 Å². The predicted octanol–water partition coefficient (Wildman–Crippen LogP) is 2.40. The van der Waals surface area contributed by atoms with Crippen LogP contribution >= 0.6 is 11.6 Å². The maximum atomic E-state index is 12.5. The summed E-state index contributed by atoms with van der Waals surface area (Å²) in [6, 6.07) is 6.67. The van der Waals surface area contributed by atoms with E-state index in [1.54, 1.807) is 36.7 Å². The standard InChI is InChI=1S/C16H15ClN4O3/c17-11-3-4-14(24-8-2-7-22)13(9-11)20-16(23)12-10-19-21-6-1-5-18-15(12)21/h1,3-6,9-10,22H,2,7-8H2,(H,20,23). The number of carbonyl (C=O) groups is 1. The second-order valence-corrected chi connectivity index (χ2v) is 5.40. The number of anilines is 1. The van der Waals surface area contributed by atoms with Crippen molar-refractivity contribution < 1.29 is 14.6 Å². The molecule has 0 aliphatic heterocycles. The molecule has 8 heteroatoms. The van der Waals surface area contributed by atoms with Crippen LogP contribution < -0.4 is 10.1 Å². The zero-order valence-electron chi connectivity index (χ0n) is 12.6. The van der Waals surface area contributed by atoms with Crippen molar-refractivity contribution in [2.75, 3.05) is 18.5 Å². The molecule has 124 valence electrons. The molecule has 2 N–H and O–H groups in total. The maximum absolute atomic E-state index is 12.5. The smallest absolute Gasteiger partial charge is 0.261 e. The van der Waals surface area contributed by atoms with Crippen LogP contribution in [0.15, 0.2) is 42.9 Å². The molecule has 3 rings (SSSR count). The van der Waals surface area contributed by atoms with Gasteiger partial charge in [0.05, 0.1) is 18.5 Å². The fourth-order valence-electron chi connectivity index (χ4n) is 2.15. The van der Waals surface area contributed by atoms with Crippen molar-refractivity contribution in [3.8, 4) is 5.75 Å². The Kier molecular flexibility index (Phi) is 4.93. The van der Waals surface area contributed by atoms with E-state index in [1.165, 1.54) is 10.7 Å². The Hall–Kier alpha value is -2.64. The van der Waals surface area contributed by atoms with Gasteiger partial charge in [0, 0.05) is 30.4 Å². The van der Waals surface area contributed by atoms with Crippen LogP contribution in [-0.4, -0.2) is 38.8 Å². The van der Waals surface area contributed by atoms with Crippen LogP contribution in [-0.2, 0) is 0 Å². The van der Waals surface area contributed by atoms with Gasteiger partial charge in [-0.25, -0.2) is 9.50 Å². The highest BCUT2D eigenvalue weighted by molar-refractivity contribution is 6.31. The molecule has 2 aromatic heterocycles. The minimum absolute atomic E-state index is 0.0311. The lowest BCUT2D eigenvalue weighted by atomic mass is 10.2. The number of nitrogens with one attached hydrogen (secondary N) is 1. The zero-order valence-corrected chi connectivity index (χ0v) is 13.4. The van der Waals surface area contributed by atoms with Gasteiger partial charge in [-0.1, -0.05) is 11.6 Å². The number of nitrogens with zero attached hydrogens (tertiary/aromatic N) is 3. The average molecular weight is 347 g/mol. The second-order valence-electron chi connectivity index (χ2n) is 4.97. The van der Waals surface area contributed by atoms with E-state index in [9.17, 15) is 4.79 Å². The number of fused-ring (bicyclic) bond motifs is 1. The molecule has 0 saturated heterocycles. The van der Waals surface area contributed by atoms with Crippen LogP contribution in [0, 0.1) is 0 Å². The summed E-state index contributed by atoms with van der Waals surface area (Å²) in [6.07, 6.45) is 5.25. The Morgan fingerprint density at radius 3 is 3.12 bits per heavy atom. The Labute approximate surface area is 142 Å². The van der Waals surface area contributed by atoms with Crippen molar-refractivity contribution >= 4 is 28.8 Å². The van der Waals surface area contributed by atoms with E-state index in [0.29, 0.717) is 40.7 Å². The zero-order chi connectivity index (χ0) is 16.9. The third kappa shape index (κ3) is 3.47. The lowest BCUT2D eigenvalue weighted by Crippen LogP contribution is -2.13. The molecule has 7 nitrogen and oxygen atoms in total. The van der Waals surface area contributed by atoms with Crippen molar-refractivity contribution in [1.29, 1.82) is 0 Å². The van der Waals surface area contributed by atoms with Crippen molar-refractivity contribution in [3.05, 3.63) is 53.4 Å². The molecule has 0 atom stereocenters. The normalized spacial score (nSPS) is 10.8. The third-order valence-corrected chi connectivity index (χ3v) is 3.51. The van der Waals surface area contributed by atoms with Gasteiger partial charge in [-0.05, 0) is 24.3 Å². The number of amides is 1. The first kappa shape index (κ1) is 16.2. The molecule has 0 aliphatic carbocycles. The summed E-state index contributed by atoms with van der Waals surface area (Å²) in [5.41, 5.74) is 1.25. The number of aliphatic hydroxyl groups is 1. The number of halogens is 1. The number of ether oxygens (including phenoxy) is 1. The molecule has 0 spiro atoms. The quantitative estimate of drug-likeness (QED) is 0.669. The fourth-order valence-corrected chi connectivity index (χ4v) is 2.32. The van der Waals surface area contributed by atoms with E-state index >= 15 is 0 Å². The Morgan fingerprint density at radius 2 is 2.29 bits per heavy atom. The van der Waals surface area contributed by atoms with Gasteiger partial charge in [-0.2, -0.15) is 5.10 Å². The summed E-state index contributed by atoms with van der Waals surface area (Å²) in [4.78, 5) is 16.7. The summed E-state index contributed by atoms with van der Waals surface area (Å²) < 4.78 is 7.09. The van der Waals surface area contributed by atoms with Crippen molar-refractivity contribution in [2.24, 2.45) is 0 Å². The van der Waals surface area contributed by atoms with E-state index in [1.807, 2.05) is 0 Å². The molecule has 0 fully saturated rings. The van der Waals surface area contributed by atoms with Crippen molar-refractivity contribution in [2.45, 2.75) is 6.42 Å². The van der Waals surface area contributed by atoms with Crippen LogP contribution in [0.4, 0.5) is 5.69 Å². The molecule has 1 amide bonds. The number of aromatic nitrogens is 3. The summed E-state index contributed by atoms with van der Waals surface area (Å²) in [5.74, 6) is 0.114. The summed E-state index contributed by atoms with van der Waals surface area (Å²) in [6.45, 7) is 0.364. The minimum atomic E-state index is -0.363. The molecule has 0 unspecified atom stereocenters. The first-order valence-corrected chi connectivity index (χ1v) is 7.70. The lowest BCUT2D eigenvalue weighted by molar-refractivity contribution is 0.102. The first-order chi connectivity index (χ1) is 11.7. The highest BCUT2D eigenvalue weighted by atomic mass is 35.5. The molecule has 0 saturated carbocycles. The van der Waals surface area contributed by atoms with Gasteiger partial charge in [-0.15, -0.1) is 0 Å². The molecule has 24 heavy (non-hydrogen) atoms. The molecule has 0 aliphatic rings. The fraction of sp³-hybridized carbons (Fsp3) is 0.188. The molecular weight excluding hydrogens is 332 g/mol. The molecule has 0 radical (unpaired) electrons. The van der Waals surface area contributed by atoms with E-state index in [2.05, 4.69) is 15.4 Å². The van der Waals surface area contributed by atoms with E-state index in [4.69, 9.17) is 21.4 Å². The predicted molar refractivity (Wildman–Crippen MR) is 89.6 cm³/mol. The highest BCUT2D eigenvalue weighted by Crippen LogP contribution is 2.29. The van der Waals surface area contributed by atoms with E-state index in [0.717, 1.165) is 0 Å². The monoisotopic (exact) mass is 346 g/mol. The first-order valence-electron chi connectivity index (χ1n) is 7.32. The van der Waals surface area contributed by atoms with Crippen molar-refractivity contribution in [3.63, 3.8) is 0 Å². The van der Waals surface area contributed by atoms with E-state index in [-0.39, 0.29) is 12.5 Å². The number of rotatable bonds is 6. The third-order valence-electron chi connectivity index (χ3n) is 3.27. The highest BCUT2D eigenvalue weighted by Gasteiger charge is 2.16. The number of hydrogen-bond donors (Lipinski definition) is 2. The SMILES string of the molecule is O=C(Nc1cc(Cl)ccc1OCCCO)c1cnn2cccnc12. The maximum Gasteiger partial charge on any atom is 0.261 e. The summed E-state index contributed by atoms with van der Waals surface area (Å²) in [5, 5.41) is 16.2. The van der Waals surface area contributed by atoms with Crippen molar-refractivity contribution in [1.82, 2.24) is 14.6 Å². The summed E-state index contributed by atoms with van der Waals surface area (Å²) in [7, 11) is 0. The molecule has 0 bridgehead atoms. The van der Waals surface area contributed by atoms with Crippen LogP contribution in [0.2, 0.25) is 5.02 Å². The van der Waals surface area contributed by atoms with Gasteiger partial charge in [0.15, 0.2) is 5.65 Å². The second kappa shape index (κ2) is 7.29. The van der Waals surface area contributed by atoms with E-state index < -0.39 is 0 Å². The van der Waals surface area contributed by atoms with Crippen LogP contribution in [0.25, 0.3) is 5.65 Å². The Morgan fingerprint density at radius 1 is 1.42 bits per heavy atom. The number of aliphatic hydroxyl groups excluding tert-OH is 1.